The smallest absolute Gasteiger partial charge is 0.256 e. The van der Waals surface area contributed by atoms with Crippen LogP contribution in [0, 0.1) is 5.92 Å². The molecule has 0 aliphatic heterocycles. The SMILES string of the molecule is CC(C)COc1cccc(C(=O)Nc2sc3c(c2C(N)=O)CCCCC3)c1. The van der Waals surface area contributed by atoms with Gasteiger partial charge in [0.15, 0.2) is 0 Å². The molecular weight excluding hydrogens is 360 g/mol. The molecule has 0 bridgehead atoms. The molecule has 3 N–H and O–H groups in total. The maximum Gasteiger partial charge on any atom is 0.256 e. The Labute approximate surface area is 163 Å². The number of nitrogens with one attached hydrogen (secondary N) is 1. The molecule has 1 aromatic carbocycles. The Morgan fingerprint density at radius 1 is 1.22 bits per heavy atom. The lowest BCUT2D eigenvalue weighted by Crippen LogP contribution is -2.18. The molecule has 0 unspecified atom stereocenters. The fourth-order valence-corrected chi connectivity index (χ4v) is 4.55. The second-order valence-corrected chi connectivity index (χ2v) is 8.42. The minimum Gasteiger partial charge on any atom is -0.493 e. The summed E-state index contributed by atoms with van der Waals surface area (Å²) in [6.07, 6.45) is 5.10. The molecule has 0 atom stereocenters. The predicted molar refractivity (Wildman–Crippen MR) is 109 cm³/mol. The Kier molecular flexibility index (Phi) is 6.16. The van der Waals surface area contributed by atoms with Crippen LogP contribution in [0.4, 0.5) is 5.00 Å². The van der Waals surface area contributed by atoms with Crippen molar-refractivity contribution in [1.29, 1.82) is 0 Å². The van der Waals surface area contributed by atoms with Crippen LogP contribution in [0.5, 0.6) is 5.75 Å². The largest absolute Gasteiger partial charge is 0.493 e. The zero-order chi connectivity index (χ0) is 19.4. The molecule has 1 aliphatic rings. The third-order valence-corrected chi connectivity index (χ3v) is 5.78. The van der Waals surface area contributed by atoms with Crippen molar-refractivity contribution < 1.29 is 14.3 Å². The average molecular weight is 387 g/mol. The fraction of sp³-hybridized carbons (Fsp3) is 0.429. The van der Waals surface area contributed by atoms with Crippen molar-refractivity contribution in [3.8, 4) is 5.75 Å². The van der Waals surface area contributed by atoms with E-state index in [4.69, 9.17) is 10.5 Å². The van der Waals surface area contributed by atoms with E-state index in [0.717, 1.165) is 37.7 Å². The first-order valence-electron chi connectivity index (χ1n) is 9.44. The monoisotopic (exact) mass is 386 g/mol. The van der Waals surface area contributed by atoms with Gasteiger partial charge in [0.2, 0.25) is 0 Å². The topological polar surface area (TPSA) is 81.4 Å². The van der Waals surface area contributed by atoms with E-state index in [1.165, 1.54) is 16.2 Å². The second-order valence-electron chi connectivity index (χ2n) is 7.32. The second kappa shape index (κ2) is 8.57. The lowest BCUT2D eigenvalue weighted by atomic mass is 10.1. The van der Waals surface area contributed by atoms with E-state index in [1.807, 2.05) is 6.07 Å². The van der Waals surface area contributed by atoms with Crippen molar-refractivity contribution in [3.05, 3.63) is 45.8 Å². The number of carbonyl (C=O) groups excluding carboxylic acids is 2. The first-order valence-corrected chi connectivity index (χ1v) is 10.3. The van der Waals surface area contributed by atoms with Gasteiger partial charge >= 0.3 is 0 Å². The third kappa shape index (κ3) is 4.69. The van der Waals surface area contributed by atoms with Crippen LogP contribution in [-0.2, 0) is 12.8 Å². The Hall–Kier alpha value is -2.34. The fourth-order valence-electron chi connectivity index (χ4n) is 3.26. The van der Waals surface area contributed by atoms with Gasteiger partial charge in [0.1, 0.15) is 10.8 Å². The maximum atomic E-state index is 12.7. The summed E-state index contributed by atoms with van der Waals surface area (Å²) in [5.74, 6) is 0.332. The number of nitrogens with two attached hydrogens (primary N) is 1. The van der Waals surface area contributed by atoms with Crippen LogP contribution in [0.2, 0.25) is 0 Å². The van der Waals surface area contributed by atoms with Gasteiger partial charge < -0.3 is 15.8 Å². The quantitative estimate of drug-likeness (QED) is 0.722. The lowest BCUT2D eigenvalue weighted by Gasteiger charge is -2.10. The lowest BCUT2D eigenvalue weighted by molar-refractivity contribution is 0.100. The van der Waals surface area contributed by atoms with E-state index >= 15 is 0 Å². The van der Waals surface area contributed by atoms with Gasteiger partial charge in [-0.1, -0.05) is 26.3 Å². The molecule has 0 fully saturated rings. The molecule has 0 saturated heterocycles. The number of benzene rings is 1. The molecule has 27 heavy (non-hydrogen) atoms. The molecule has 0 radical (unpaired) electrons. The summed E-state index contributed by atoms with van der Waals surface area (Å²) in [6.45, 7) is 4.74. The van der Waals surface area contributed by atoms with E-state index in [2.05, 4.69) is 19.2 Å². The molecule has 0 spiro atoms. The number of amides is 2. The van der Waals surface area contributed by atoms with E-state index in [9.17, 15) is 9.59 Å². The molecule has 144 valence electrons. The summed E-state index contributed by atoms with van der Waals surface area (Å²) in [5.41, 5.74) is 7.64. The number of ether oxygens (including phenoxy) is 1. The van der Waals surface area contributed by atoms with E-state index in [-0.39, 0.29) is 5.91 Å². The van der Waals surface area contributed by atoms with Crippen molar-refractivity contribution in [1.82, 2.24) is 0 Å². The zero-order valence-electron chi connectivity index (χ0n) is 15.8. The number of primary amides is 1. The van der Waals surface area contributed by atoms with Crippen molar-refractivity contribution in [2.24, 2.45) is 11.7 Å². The number of carbonyl (C=O) groups is 2. The summed E-state index contributed by atoms with van der Waals surface area (Å²) in [5, 5.41) is 3.46. The number of rotatable bonds is 6. The molecule has 0 saturated carbocycles. The Bertz CT molecular complexity index is 842. The summed E-state index contributed by atoms with van der Waals surface area (Å²) in [4.78, 5) is 26.0. The number of anilines is 1. The summed E-state index contributed by atoms with van der Waals surface area (Å²) in [7, 11) is 0. The summed E-state index contributed by atoms with van der Waals surface area (Å²) in [6, 6.07) is 7.09. The normalized spacial score (nSPS) is 13.7. The van der Waals surface area contributed by atoms with Gasteiger partial charge in [-0.3, -0.25) is 9.59 Å². The van der Waals surface area contributed by atoms with E-state index < -0.39 is 5.91 Å². The minimum absolute atomic E-state index is 0.260. The maximum absolute atomic E-state index is 12.7. The van der Waals surface area contributed by atoms with Gasteiger partial charge in [-0.05, 0) is 55.4 Å². The summed E-state index contributed by atoms with van der Waals surface area (Å²) >= 11 is 1.48. The van der Waals surface area contributed by atoms with Crippen LogP contribution < -0.4 is 15.8 Å². The molecule has 2 aromatic rings. The van der Waals surface area contributed by atoms with Crippen LogP contribution in [0.1, 0.15) is 64.3 Å². The predicted octanol–water partition coefficient (Wildman–Crippen LogP) is 4.40. The molecule has 3 rings (SSSR count). The average Bonchev–Trinajstić information content (AvgIpc) is 2.81. The van der Waals surface area contributed by atoms with Gasteiger partial charge in [0.05, 0.1) is 12.2 Å². The van der Waals surface area contributed by atoms with Gasteiger partial charge in [0.25, 0.3) is 11.8 Å². The van der Waals surface area contributed by atoms with Gasteiger partial charge in [-0.2, -0.15) is 0 Å². The van der Waals surface area contributed by atoms with Crippen molar-refractivity contribution >= 4 is 28.2 Å². The third-order valence-electron chi connectivity index (χ3n) is 4.57. The molecular formula is C21H26N2O3S. The van der Waals surface area contributed by atoms with Crippen LogP contribution >= 0.6 is 11.3 Å². The van der Waals surface area contributed by atoms with Crippen LogP contribution in [0.25, 0.3) is 0 Å². The van der Waals surface area contributed by atoms with Crippen molar-refractivity contribution in [2.45, 2.75) is 46.0 Å². The molecule has 1 aliphatic carbocycles. The number of aryl methyl sites for hydroxylation is 1. The Morgan fingerprint density at radius 2 is 2.00 bits per heavy atom. The minimum atomic E-state index is -0.473. The highest BCUT2D eigenvalue weighted by atomic mass is 32.1. The molecule has 2 amide bonds. The van der Waals surface area contributed by atoms with Gasteiger partial charge in [-0.25, -0.2) is 0 Å². The number of hydrogen-bond acceptors (Lipinski definition) is 4. The molecule has 5 nitrogen and oxygen atoms in total. The van der Waals surface area contributed by atoms with Crippen LogP contribution in [-0.4, -0.2) is 18.4 Å². The Balaban J connectivity index is 1.82. The van der Waals surface area contributed by atoms with Crippen LogP contribution in [0.3, 0.4) is 0 Å². The highest BCUT2D eigenvalue weighted by Gasteiger charge is 2.24. The van der Waals surface area contributed by atoms with Gasteiger partial charge in [0, 0.05) is 10.4 Å². The summed E-state index contributed by atoms with van der Waals surface area (Å²) < 4.78 is 5.70. The molecule has 1 aromatic heterocycles. The van der Waals surface area contributed by atoms with Gasteiger partial charge in [-0.15, -0.1) is 11.3 Å². The van der Waals surface area contributed by atoms with Crippen molar-refractivity contribution in [2.75, 3.05) is 11.9 Å². The molecule has 6 heteroatoms. The van der Waals surface area contributed by atoms with Crippen molar-refractivity contribution in [3.63, 3.8) is 0 Å². The zero-order valence-corrected chi connectivity index (χ0v) is 16.7. The Morgan fingerprint density at radius 3 is 2.74 bits per heavy atom. The van der Waals surface area contributed by atoms with Crippen LogP contribution in [0.15, 0.2) is 24.3 Å². The number of thiophene rings is 1. The standard InChI is InChI=1S/C21H26N2O3S/c1-13(2)12-26-15-8-6-7-14(11-15)20(25)23-21-18(19(22)24)16-9-4-3-5-10-17(16)27-21/h6-8,11,13H,3-5,9-10,12H2,1-2H3,(H2,22,24)(H,23,25). The number of fused-ring (bicyclic) bond motifs is 1. The highest BCUT2D eigenvalue weighted by Crippen LogP contribution is 2.37. The first kappa shape index (κ1) is 19.4. The van der Waals surface area contributed by atoms with E-state index in [1.54, 1.807) is 18.2 Å². The molecule has 1 heterocycles. The highest BCUT2D eigenvalue weighted by molar-refractivity contribution is 7.17. The number of hydrogen-bond donors (Lipinski definition) is 2. The first-order chi connectivity index (χ1) is 13.0. The van der Waals surface area contributed by atoms with E-state index in [0.29, 0.717) is 34.4 Å².